The minimum absolute atomic E-state index is 0.0260. The van der Waals surface area contributed by atoms with E-state index in [0.29, 0.717) is 22.6 Å². The summed E-state index contributed by atoms with van der Waals surface area (Å²) >= 11 is 0. The minimum atomic E-state index is -3.86. The van der Waals surface area contributed by atoms with E-state index >= 15 is 0 Å². The van der Waals surface area contributed by atoms with E-state index in [2.05, 4.69) is 31.8 Å². The zero-order chi connectivity index (χ0) is 25.0. The predicted molar refractivity (Wildman–Crippen MR) is 137 cm³/mol. The van der Waals surface area contributed by atoms with E-state index in [1.807, 2.05) is 24.3 Å². The van der Waals surface area contributed by atoms with Crippen LogP contribution in [-0.4, -0.2) is 42.3 Å². The second-order valence-corrected chi connectivity index (χ2v) is 10.9. The SMILES string of the molecule is Cc1cc(C)nc(NS(=O)(=O)c2ccc(NC(=O)c3ccc(CN4CCC[C@H](C)C4)cc3)cc2)n1. The van der Waals surface area contributed by atoms with Crippen LogP contribution in [0.3, 0.4) is 0 Å². The third-order valence-electron chi connectivity index (χ3n) is 5.99. The van der Waals surface area contributed by atoms with Crippen molar-refractivity contribution < 1.29 is 13.2 Å². The van der Waals surface area contributed by atoms with Crippen molar-refractivity contribution in [3.8, 4) is 0 Å². The Hall–Kier alpha value is -3.30. The van der Waals surface area contributed by atoms with Crippen LogP contribution in [0.4, 0.5) is 11.6 Å². The van der Waals surface area contributed by atoms with Crippen molar-refractivity contribution >= 4 is 27.6 Å². The zero-order valence-corrected chi connectivity index (χ0v) is 21.1. The lowest BCUT2D eigenvalue weighted by Crippen LogP contribution is -2.33. The molecule has 1 amide bonds. The molecule has 1 saturated heterocycles. The number of carbonyl (C=O) groups excluding carboxylic acids is 1. The van der Waals surface area contributed by atoms with Gasteiger partial charge in [0.05, 0.1) is 4.90 Å². The van der Waals surface area contributed by atoms with Crippen LogP contribution in [0.25, 0.3) is 0 Å². The molecule has 0 radical (unpaired) electrons. The van der Waals surface area contributed by atoms with Crippen molar-refractivity contribution in [3.63, 3.8) is 0 Å². The highest BCUT2D eigenvalue weighted by molar-refractivity contribution is 7.92. The highest BCUT2D eigenvalue weighted by atomic mass is 32.2. The molecule has 2 heterocycles. The Kier molecular flexibility index (Phi) is 7.47. The fraction of sp³-hybridized carbons (Fsp3) is 0.346. The molecule has 2 N–H and O–H groups in total. The minimum Gasteiger partial charge on any atom is -0.322 e. The highest BCUT2D eigenvalue weighted by Crippen LogP contribution is 2.20. The van der Waals surface area contributed by atoms with Crippen LogP contribution in [0.1, 0.15) is 47.1 Å². The Labute approximate surface area is 206 Å². The monoisotopic (exact) mass is 493 g/mol. The average Bonchev–Trinajstić information content (AvgIpc) is 2.79. The van der Waals surface area contributed by atoms with Crippen LogP contribution in [0.2, 0.25) is 0 Å². The molecule has 3 aromatic rings. The molecule has 184 valence electrons. The quantitative estimate of drug-likeness (QED) is 0.506. The number of hydrogen-bond donors (Lipinski definition) is 2. The fourth-order valence-electron chi connectivity index (χ4n) is 4.32. The molecule has 35 heavy (non-hydrogen) atoms. The number of anilines is 2. The summed E-state index contributed by atoms with van der Waals surface area (Å²) in [5.41, 5.74) is 3.57. The molecular weight excluding hydrogens is 462 g/mol. The van der Waals surface area contributed by atoms with Gasteiger partial charge in [0.15, 0.2) is 0 Å². The first-order valence-electron chi connectivity index (χ1n) is 11.8. The van der Waals surface area contributed by atoms with E-state index in [1.54, 1.807) is 32.0 Å². The van der Waals surface area contributed by atoms with E-state index in [-0.39, 0.29) is 16.8 Å². The molecule has 4 rings (SSSR count). The standard InChI is InChI=1S/C26H31N5O3S/c1-18-5-4-14-31(16-18)17-21-6-8-22(9-7-21)25(32)29-23-10-12-24(13-11-23)35(33,34)30-26-27-19(2)15-20(3)28-26/h6-13,15,18H,4-5,14,16-17H2,1-3H3,(H,29,32)(H,27,28,30)/t18-/m0/s1. The molecule has 0 saturated carbocycles. The van der Waals surface area contributed by atoms with Gasteiger partial charge in [-0.15, -0.1) is 0 Å². The van der Waals surface area contributed by atoms with Gasteiger partial charge in [0.25, 0.3) is 15.9 Å². The topological polar surface area (TPSA) is 104 Å². The number of aromatic nitrogens is 2. The summed E-state index contributed by atoms with van der Waals surface area (Å²) in [4.78, 5) is 23.4. The normalized spacial score (nSPS) is 16.6. The summed E-state index contributed by atoms with van der Waals surface area (Å²) in [5, 5.41) is 2.82. The Morgan fingerprint density at radius 3 is 2.31 bits per heavy atom. The molecule has 1 aromatic heterocycles. The van der Waals surface area contributed by atoms with Gasteiger partial charge in [-0.05, 0) is 87.2 Å². The van der Waals surface area contributed by atoms with Gasteiger partial charge < -0.3 is 5.32 Å². The summed E-state index contributed by atoms with van der Waals surface area (Å²) in [6.07, 6.45) is 2.52. The van der Waals surface area contributed by atoms with Crippen LogP contribution in [0.5, 0.6) is 0 Å². The van der Waals surface area contributed by atoms with E-state index < -0.39 is 10.0 Å². The average molecular weight is 494 g/mol. The lowest BCUT2D eigenvalue weighted by Gasteiger charge is -2.30. The van der Waals surface area contributed by atoms with Crippen LogP contribution in [0.15, 0.2) is 59.5 Å². The van der Waals surface area contributed by atoms with Gasteiger partial charge in [-0.25, -0.2) is 23.1 Å². The summed E-state index contributed by atoms with van der Waals surface area (Å²) in [6, 6.07) is 15.4. The third kappa shape index (κ3) is 6.64. The second-order valence-electron chi connectivity index (χ2n) is 9.24. The summed E-state index contributed by atoms with van der Waals surface area (Å²) in [5.74, 6) is 0.504. The number of likely N-dealkylation sites (tertiary alicyclic amines) is 1. The number of amides is 1. The van der Waals surface area contributed by atoms with E-state index in [1.165, 1.54) is 30.5 Å². The molecule has 2 aromatic carbocycles. The Morgan fingerprint density at radius 2 is 1.69 bits per heavy atom. The molecule has 1 fully saturated rings. The number of hydrogen-bond acceptors (Lipinski definition) is 6. The molecule has 1 atom stereocenters. The zero-order valence-electron chi connectivity index (χ0n) is 20.3. The Balaban J connectivity index is 1.36. The van der Waals surface area contributed by atoms with Gasteiger partial charge in [-0.3, -0.25) is 9.69 Å². The maximum atomic E-state index is 12.7. The number of carbonyl (C=O) groups is 1. The van der Waals surface area contributed by atoms with Crippen LogP contribution < -0.4 is 10.0 Å². The van der Waals surface area contributed by atoms with Crippen LogP contribution >= 0.6 is 0 Å². The lowest BCUT2D eigenvalue weighted by molar-refractivity contribution is 0.102. The van der Waals surface area contributed by atoms with Crippen molar-refractivity contribution in [2.75, 3.05) is 23.1 Å². The van der Waals surface area contributed by atoms with Gasteiger partial charge in [0.2, 0.25) is 5.95 Å². The first-order valence-corrected chi connectivity index (χ1v) is 13.2. The van der Waals surface area contributed by atoms with E-state index in [4.69, 9.17) is 0 Å². The van der Waals surface area contributed by atoms with E-state index in [0.717, 1.165) is 25.6 Å². The third-order valence-corrected chi connectivity index (χ3v) is 7.34. The molecule has 0 bridgehead atoms. The maximum Gasteiger partial charge on any atom is 0.264 e. The van der Waals surface area contributed by atoms with Gasteiger partial charge >= 0.3 is 0 Å². The number of sulfonamides is 1. The largest absolute Gasteiger partial charge is 0.322 e. The number of aryl methyl sites for hydroxylation is 2. The summed E-state index contributed by atoms with van der Waals surface area (Å²) in [6.45, 7) is 8.95. The number of nitrogens with one attached hydrogen (secondary N) is 2. The van der Waals surface area contributed by atoms with Crippen molar-refractivity contribution in [1.82, 2.24) is 14.9 Å². The van der Waals surface area contributed by atoms with Gasteiger partial charge in [-0.2, -0.15) is 0 Å². The molecule has 0 unspecified atom stereocenters. The van der Waals surface area contributed by atoms with Crippen molar-refractivity contribution in [1.29, 1.82) is 0 Å². The molecule has 8 nitrogen and oxygen atoms in total. The molecular formula is C26H31N5O3S. The highest BCUT2D eigenvalue weighted by Gasteiger charge is 2.18. The predicted octanol–water partition coefficient (Wildman–Crippen LogP) is 4.38. The molecule has 1 aliphatic heterocycles. The van der Waals surface area contributed by atoms with Crippen molar-refractivity contribution in [3.05, 3.63) is 77.1 Å². The summed E-state index contributed by atoms with van der Waals surface area (Å²) < 4.78 is 27.8. The van der Waals surface area contributed by atoms with Crippen LogP contribution in [-0.2, 0) is 16.6 Å². The Bertz CT molecular complexity index is 1270. The Morgan fingerprint density at radius 1 is 1.03 bits per heavy atom. The van der Waals surface area contributed by atoms with Gasteiger partial charge in [-0.1, -0.05) is 19.1 Å². The first kappa shape index (κ1) is 24.8. The number of rotatable bonds is 7. The number of benzene rings is 2. The summed E-state index contributed by atoms with van der Waals surface area (Å²) in [7, 11) is -3.86. The van der Waals surface area contributed by atoms with Gasteiger partial charge in [0, 0.05) is 35.7 Å². The first-order chi connectivity index (χ1) is 16.7. The molecule has 0 spiro atoms. The number of nitrogens with zero attached hydrogens (tertiary/aromatic N) is 3. The van der Waals surface area contributed by atoms with Crippen LogP contribution in [0, 0.1) is 19.8 Å². The lowest BCUT2D eigenvalue weighted by atomic mass is 9.99. The van der Waals surface area contributed by atoms with E-state index in [9.17, 15) is 13.2 Å². The number of piperidine rings is 1. The molecule has 0 aliphatic carbocycles. The smallest absolute Gasteiger partial charge is 0.264 e. The van der Waals surface area contributed by atoms with Crippen molar-refractivity contribution in [2.24, 2.45) is 5.92 Å². The molecule has 1 aliphatic rings. The maximum absolute atomic E-state index is 12.7. The second kappa shape index (κ2) is 10.5. The fourth-order valence-corrected chi connectivity index (χ4v) is 5.27. The van der Waals surface area contributed by atoms with Crippen molar-refractivity contribution in [2.45, 2.75) is 45.1 Å². The molecule has 9 heteroatoms. The van der Waals surface area contributed by atoms with Gasteiger partial charge in [0.1, 0.15) is 0 Å².